The number of aliphatic carboxylic acids is 1. The summed E-state index contributed by atoms with van der Waals surface area (Å²) in [6, 6.07) is 15.0. The van der Waals surface area contributed by atoms with Gasteiger partial charge in [0.25, 0.3) is 0 Å². The van der Waals surface area contributed by atoms with E-state index in [2.05, 4.69) is 25.6 Å². The average molecular weight is 321 g/mol. The highest BCUT2D eigenvalue weighted by molar-refractivity contribution is 5.73. The van der Waals surface area contributed by atoms with E-state index >= 15 is 0 Å². The predicted octanol–water partition coefficient (Wildman–Crippen LogP) is 2.78. The van der Waals surface area contributed by atoms with Crippen LogP contribution in [0.25, 0.3) is 11.3 Å². The van der Waals surface area contributed by atoms with E-state index in [9.17, 15) is 4.79 Å². The molecule has 2 aromatic heterocycles. The molecule has 0 aliphatic carbocycles. The zero-order valence-electron chi connectivity index (χ0n) is 12.7. The lowest BCUT2D eigenvalue weighted by atomic mass is 10.2. The number of pyridine rings is 1. The van der Waals surface area contributed by atoms with Crippen molar-refractivity contribution in [2.75, 3.05) is 17.2 Å². The van der Waals surface area contributed by atoms with Crippen molar-refractivity contribution in [1.29, 1.82) is 0 Å². The van der Waals surface area contributed by atoms with Crippen molar-refractivity contribution < 1.29 is 9.90 Å². The average Bonchev–Trinajstić information content (AvgIpc) is 2.61. The van der Waals surface area contributed by atoms with Crippen LogP contribution >= 0.6 is 0 Å². The highest BCUT2D eigenvalue weighted by atomic mass is 16.4. The van der Waals surface area contributed by atoms with Gasteiger partial charge in [0, 0.05) is 29.7 Å². The first-order valence-electron chi connectivity index (χ1n) is 7.28. The summed E-state index contributed by atoms with van der Waals surface area (Å²) in [5, 5.41) is 14.7. The van der Waals surface area contributed by atoms with Crippen molar-refractivity contribution in [2.24, 2.45) is 0 Å². The first kappa shape index (κ1) is 15.4. The van der Waals surface area contributed by atoms with Gasteiger partial charge in [-0.2, -0.15) is 4.98 Å². The minimum atomic E-state index is -0.983. The molecule has 3 rings (SSSR count). The summed E-state index contributed by atoms with van der Waals surface area (Å²) in [5.41, 5.74) is 2.33. The van der Waals surface area contributed by atoms with E-state index in [1.807, 2.05) is 42.5 Å². The molecule has 1 aromatic carbocycles. The highest BCUT2D eigenvalue weighted by Crippen LogP contribution is 2.22. The number of aromatic nitrogens is 3. The third-order valence-electron chi connectivity index (χ3n) is 3.13. The normalized spacial score (nSPS) is 10.2. The number of hydrogen-bond acceptors (Lipinski definition) is 6. The van der Waals surface area contributed by atoms with Crippen LogP contribution in [0.3, 0.4) is 0 Å². The third kappa shape index (κ3) is 4.04. The van der Waals surface area contributed by atoms with E-state index in [4.69, 9.17) is 5.11 Å². The van der Waals surface area contributed by atoms with Crippen molar-refractivity contribution in [1.82, 2.24) is 15.0 Å². The van der Waals surface area contributed by atoms with E-state index in [1.54, 1.807) is 18.5 Å². The van der Waals surface area contributed by atoms with Gasteiger partial charge in [-0.1, -0.05) is 18.2 Å². The molecule has 7 nitrogen and oxygen atoms in total. The van der Waals surface area contributed by atoms with Gasteiger partial charge in [-0.25, -0.2) is 4.98 Å². The molecule has 0 fully saturated rings. The summed E-state index contributed by atoms with van der Waals surface area (Å²) in [6.45, 7) is -0.263. The molecular weight excluding hydrogens is 306 g/mol. The minimum Gasteiger partial charge on any atom is -0.480 e. The molecule has 2 heterocycles. The monoisotopic (exact) mass is 321 g/mol. The number of hydrogen-bond donors (Lipinski definition) is 3. The number of carbonyl (C=O) groups is 1. The summed E-state index contributed by atoms with van der Waals surface area (Å²) >= 11 is 0. The minimum absolute atomic E-state index is 0.234. The van der Waals surface area contributed by atoms with Gasteiger partial charge in [-0.05, 0) is 24.3 Å². The number of anilines is 3. The van der Waals surface area contributed by atoms with Gasteiger partial charge < -0.3 is 15.7 Å². The maximum Gasteiger partial charge on any atom is 0.322 e. The fourth-order valence-electron chi connectivity index (χ4n) is 2.08. The van der Waals surface area contributed by atoms with E-state index in [0.717, 1.165) is 11.3 Å². The SMILES string of the molecule is O=C(O)CNc1nc(Nc2ccccc2)cc(-c2cccnc2)n1. The Balaban J connectivity index is 1.94. The predicted molar refractivity (Wildman–Crippen MR) is 91.1 cm³/mol. The summed E-state index contributed by atoms with van der Waals surface area (Å²) in [4.78, 5) is 23.5. The Morgan fingerprint density at radius 2 is 1.92 bits per heavy atom. The zero-order valence-corrected chi connectivity index (χ0v) is 12.7. The van der Waals surface area contributed by atoms with Gasteiger partial charge >= 0.3 is 5.97 Å². The molecule has 0 amide bonds. The Morgan fingerprint density at radius 3 is 2.62 bits per heavy atom. The number of nitrogens with one attached hydrogen (secondary N) is 2. The van der Waals surface area contributed by atoms with E-state index in [0.29, 0.717) is 11.5 Å². The molecule has 3 N–H and O–H groups in total. The molecule has 0 radical (unpaired) electrons. The second-order valence-corrected chi connectivity index (χ2v) is 4.94. The highest BCUT2D eigenvalue weighted by Gasteiger charge is 2.08. The molecule has 120 valence electrons. The lowest BCUT2D eigenvalue weighted by molar-refractivity contribution is -0.134. The number of para-hydroxylation sites is 1. The standard InChI is InChI=1S/C17H15N5O2/c23-16(24)11-19-17-21-14(12-5-4-8-18-10-12)9-15(22-17)20-13-6-2-1-3-7-13/h1-10H,11H2,(H,23,24)(H2,19,20,21,22). The summed E-state index contributed by atoms with van der Waals surface area (Å²) in [6.07, 6.45) is 3.37. The first-order chi connectivity index (χ1) is 11.7. The molecule has 0 saturated carbocycles. The van der Waals surface area contributed by atoms with Crippen molar-refractivity contribution in [3.8, 4) is 11.3 Å². The van der Waals surface area contributed by atoms with E-state index in [1.165, 1.54) is 0 Å². The maximum absolute atomic E-state index is 10.8. The van der Waals surface area contributed by atoms with Crippen LogP contribution in [0.1, 0.15) is 0 Å². The molecule has 0 spiro atoms. The molecule has 0 atom stereocenters. The van der Waals surface area contributed by atoms with Crippen molar-refractivity contribution >= 4 is 23.4 Å². The van der Waals surface area contributed by atoms with Crippen molar-refractivity contribution in [3.63, 3.8) is 0 Å². The molecule has 0 unspecified atom stereocenters. The quantitative estimate of drug-likeness (QED) is 0.642. The lowest BCUT2D eigenvalue weighted by Crippen LogP contribution is -2.15. The van der Waals surface area contributed by atoms with Crippen LogP contribution in [-0.4, -0.2) is 32.6 Å². The molecule has 24 heavy (non-hydrogen) atoms. The molecule has 0 aliphatic heterocycles. The van der Waals surface area contributed by atoms with Crippen LogP contribution < -0.4 is 10.6 Å². The Bertz CT molecular complexity index is 825. The van der Waals surface area contributed by atoms with Gasteiger partial charge in [0.1, 0.15) is 12.4 Å². The second-order valence-electron chi connectivity index (χ2n) is 4.94. The van der Waals surface area contributed by atoms with Crippen molar-refractivity contribution in [2.45, 2.75) is 0 Å². The van der Waals surface area contributed by atoms with Crippen LogP contribution in [0.4, 0.5) is 17.5 Å². The summed E-state index contributed by atoms with van der Waals surface area (Å²) in [5.74, 6) is -0.192. The molecule has 0 saturated heterocycles. The lowest BCUT2D eigenvalue weighted by Gasteiger charge is -2.10. The largest absolute Gasteiger partial charge is 0.480 e. The first-order valence-corrected chi connectivity index (χ1v) is 7.28. The van der Waals surface area contributed by atoms with Gasteiger partial charge in [0.15, 0.2) is 0 Å². The van der Waals surface area contributed by atoms with E-state index < -0.39 is 5.97 Å². The molecular formula is C17H15N5O2. The van der Waals surface area contributed by atoms with Crippen LogP contribution in [0.15, 0.2) is 60.9 Å². The number of carboxylic acid groups (broad SMARTS) is 1. The molecule has 7 heteroatoms. The second kappa shape index (κ2) is 7.19. The Kier molecular flexibility index (Phi) is 4.62. The van der Waals surface area contributed by atoms with Crippen molar-refractivity contribution in [3.05, 3.63) is 60.9 Å². The number of nitrogens with zero attached hydrogens (tertiary/aromatic N) is 3. The Morgan fingerprint density at radius 1 is 1.08 bits per heavy atom. The van der Waals surface area contributed by atoms with Gasteiger partial charge in [-0.3, -0.25) is 9.78 Å². The van der Waals surface area contributed by atoms with E-state index in [-0.39, 0.29) is 12.5 Å². The number of benzene rings is 1. The molecule has 3 aromatic rings. The van der Waals surface area contributed by atoms with Crippen LogP contribution in [0, 0.1) is 0 Å². The van der Waals surface area contributed by atoms with Gasteiger partial charge in [0.2, 0.25) is 5.95 Å². The van der Waals surface area contributed by atoms with Crippen LogP contribution in [0.2, 0.25) is 0 Å². The Hall–Kier alpha value is -3.48. The molecule has 0 bridgehead atoms. The topological polar surface area (TPSA) is 100 Å². The maximum atomic E-state index is 10.8. The van der Waals surface area contributed by atoms with Gasteiger partial charge in [0.05, 0.1) is 5.69 Å². The molecule has 0 aliphatic rings. The summed E-state index contributed by atoms with van der Waals surface area (Å²) in [7, 11) is 0. The number of rotatable bonds is 6. The van der Waals surface area contributed by atoms with Crippen LogP contribution in [0.5, 0.6) is 0 Å². The smallest absolute Gasteiger partial charge is 0.322 e. The Labute approximate surface area is 138 Å². The van der Waals surface area contributed by atoms with Gasteiger partial charge in [-0.15, -0.1) is 0 Å². The fourth-order valence-corrected chi connectivity index (χ4v) is 2.08. The number of carboxylic acids is 1. The fraction of sp³-hybridized carbons (Fsp3) is 0.0588. The van der Waals surface area contributed by atoms with Crippen LogP contribution in [-0.2, 0) is 4.79 Å². The third-order valence-corrected chi connectivity index (χ3v) is 3.13. The zero-order chi connectivity index (χ0) is 16.8. The summed E-state index contributed by atoms with van der Waals surface area (Å²) < 4.78 is 0.